The summed E-state index contributed by atoms with van der Waals surface area (Å²) in [5, 5.41) is 10.5. The molecule has 2 aromatic rings. The molecule has 0 spiro atoms. The van der Waals surface area contributed by atoms with E-state index in [-0.39, 0.29) is 5.02 Å². The van der Waals surface area contributed by atoms with Gasteiger partial charge in [0.2, 0.25) is 0 Å². The third-order valence-corrected chi connectivity index (χ3v) is 3.62. The van der Waals surface area contributed by atoms with Crippen molar-refractivity contribution in [2.45, 2.75) is 13.0 Å². The molecule has 1 atom stereocenters. The van der Waals surface area contributed by atoms with E-state index in [0.717, 1.165) is 5.56 Å². The maximum atomic E-state index is 13.2. The Labute approximate surface area is 127 Å². The lowest BCUT2D eigenvalue weighted by Gasteiger charge is -2.17. The third kappa shape index (κ3) is 3.12. The van der Waals surface area contributed by atoms with Crippen molar-refractivity contribution in [1.82, 2.24) is 0 Å². The van der Waals surface area contributed by atoms with E-state index in [2.05, 4.69) is 0 Å². The fourth-order valence-electron chi connectivity index (χ4n) is 2.15. The topological polar surface area (TPSA) is 38.7 Å². The molecule has 0 aliphatic heterocycles. The minimum atomic E-state index is -0.928. The molecule has 0 aromatic heterocycles. The van der Waals surface area contributed by atoms with Crippen LogP contribution in [-0.2, 0) is 0 Å². The number of methoxy groups -OCH3 is 2. The molecule has 1 unspecified atom stereocenters. The van der Waals surface area contributed by atoms with Gasteiger partial charge >= 0.3 is 0 Å². The van der Waals surface area contributed by atoms with E-state index in [1.54, 1.807) is 19.2 Å². The summed E-state index contributed by atoms with van der Waals surface area (Å²) in [6, 6.07) is 7.63. The van der Waals surface area contributed by atoms with Crippen molar-refractivity contribution in [2.24, 2.45) is 0 Å². The molecule has 0 aliphatic rings. The zero-order chi connectivity index (χ0) is 15.6. The van der Waals surface area contributed by atoms with Crippen molar-refractivity contribution in [3.63, 3.8) is 0 Å². The second kappa shape index (κ2) is 6.33. The minimum absolute atomic E-state index is 0.0234. The zero-order valence-corrected chi connectivity index (χ0v) is 12.7. The molecule has 0 saturated carbocycles. The van der Waals surface area contributed by atoms with Gasteiger partial charge in [0, 0.05) is 0 Å². The van der Waals surface area contributed by atoms with Crippen molar-refractivity contribution < 1.29 is 19.0 Å². The van der Waals surface area contributed by atoms with Crippen LogP contribution in [-0.4, -0.2) is 19.3 Å². The molecule has 1 N–H and O–H groups in total. The maximum Gasteiger partial charge on any atom is 0.161 e. The van der Waals surface area contributed by atoms with Gasteiger partial charge in [-0.05, 0) is 47.9 Å². The first-order valence-electron chi connectivity index (χ1n) is 6.33. The molecule has 0 aliphatic carbocycles. The molecule has 0 radical (unpaired) electrons. The molecule has 2 aromatic carbocycles. The molecule has 0 bridgehead atoms. The first-order chi connectivity index (χ1) is 9.97. The van der Waals surface area contributed by atoms with Crippen LogP contribution in [0.25, 0.3) is 0 Å². The predicted molar refractivity (Wildman–Crippen MR) is 79.8 cm³/mol. The van der Waals surface area contributed by atoms with E-state index < -0.39 is 11.9 Å². The Hall–Kier alpha value is -1.78. The number of hydrogen-bond donors (Lipinski definition) is 1. The van der Waals surface area contributed by atoms with Gasteiger partial charge in [-0.3, -0.25) is 0 Å². The summed E-state index contributed by atoms with van der Waals surface area (Å²) in [6.45, 7) is 1.85. The van der Waals surface area contributed by atoms with Gasteiger partial charge in [-0.2, -0.15) is 0 Å². The number of aliphatic hydroxyl groups is 1. The minimum Gasteiger partial charge on any atom is -0.493 e. The van der Waals surface area contributed by atoms with Crippen LogP contribution in [0, 0.1) is 12.7 Å². The van der Waals surface area contributed by atoms with Gasteiger partial charge in [0.1, 0.15) is 11.9 Å². The van der Waals surface area contributed by atoms with Crippen molar-refractivity contribution in [1.29, 1.82) is 0 Å². The fraction of sp³-hybridized carbons (Fsp3) is 0.250. The van der Waals surface area contributed by atoms with Crippen LogP contribution < -0.4 is 9.47 Å². The number of aliphatic hydroxyl groups excluding tert-OH is 1. The molecule has 3 nitrogen and oxygen atoms in total. The van der Waals surface area contributed by atoms with Crippen LogP contribution >= 0.6 is 11.6 Å². The van der Waals surface area contributed by atoms with Crippen molar-refractivity contribution >= 4 is 11.6 Å². The van der Waals surface area contributed by atoms with E-state index >= 15 is 0 Å². The van der Waals surface area contributed by atoms with Crippen LogP contribution in [0.4, 0.5) is 4.39 Å². The Balaban J connectivity index is 2.47. The summed E-state index contributed by atoms with van der Waals surface area (Å²) in [5.41, 5.74) is 1.99. The van der Waals surface area contributed by atoms with Crippen LogP contribution in [0.15, 0.2) is 30.3 Å². The van der Waals surface area contributed by atoms with Gasteiger partial charge in [-0.1, -0.05) is 17.7 Å². The molecule has 0 amide bonds. The van der Waals surface area contributed by atoms with E-state index in [0.29, 0.717) is 22.6 Å². The molecule has 0 fully saturated rings. The van der Waals surface area contributed by atoms with Gasteiger partial charge < -0.3 is 14.6 Å². The smallest absolute Gasteiger partial charge is 0.161 e. The second-order valence-corrected chi connectivity index (χ2v) is 5.05. The van der Waals surface area contributed by atoms with E-state index in [9.17, 15) is 9.50 Å². The fourth-order valence-corrected chi connectivity index (χ4v) is 2.34. The maximum absolute atomic E-state index is 13.2. The summed E-state index contributed by atoms with van der Waals surface area (Å²) in [4.78, 5) is 0. The zero-order valence-electron chi connectivity index (χ0n) is 12.0. The normalized spacial score (nSPS) is 12.1. The second-order valence-electron chi connectivity index (χ2n) is 4.64. The number of rotatable bonds is 4. The molecule has 0 heterocycles. The lowest BCUT2D eigenvalue weighted by Crippen LogP contribution is -2.04. The molecule has 21 heavy (non-hydrogen) atoms. The van der Waals surface area contributed by atoms with Crippen molar-refractivity contribution in [3.05, 3.63) is 57.9 Å². The molecule has 0 saturated heterocycles. The Kier molecular flexibility index (Phi) is 4.70. The highest BCUT2D eigenvalue weighted by atomic mass is 35.5. The average molecular weight is 311 g/mol. The molecule has 2 rings (SSSR count). The standard InChI is InChI=1S/C16H16ClFO3/c1-9-6-14(20-2)15(21-3)8-11(9)16(19)10-4-5-13(18)12(17)7-10/h4-8,16,19H,1-3H3. The third-order valence-electron chi connectivity index (χ3n) is 3.33. The van der Waals surface area contributed by atoms with Gasteiger partial charge in [-0.15, -0.1) is 0 Å². The lowest BCUT2D eigenvalue weighted by atomic mass is 9.97. The monoisotopic (exact) mass is 310 g/mol. The Morgan fingerprint density at radius 3 is 2.29 bits per heavy atom. The first kappa shape index (κ1) is 15.6. The SMILES string of the molecule is COc1cc(C)c(C(O)c2ccc(F)c(Cl)c2)cc1OC. The van der Waals surface area contributed by atoms with Gasteiger partial charge in [0.15, 0.2) is 11.5 Å². The molecular weight excluding hydrogens is 295 g/mol. The summed E-state index contributed by atoms with van der Waals surface area (Å²) >= 11 is 5.76. The molecule has 112 valence electrons. The van der Waals surface area contributed by atoms with E-state index in [1.807, 2.05) is 6.92 Å². The highest BCUT2D eigenvalue weighted by molar-refractivity contribution is 6.30. The summed E-state index contributed by atoms with van der Waals surface area (Å²) < 4.78 is 23.7. The van der Waals surface area contributed by atoms with Crippen LogP contribution in [0.2, 0.25) is 5.02 Å². The van der Waals surface area contributed by atoms with E-state index in [4.69, 9.17) is 21.1 Å². The quantitative estimate of drug-likeness (QED) is 0.931. The van der Waals surface area contributed by atoms with Crippen LogP contribution in [0.1, 0.15) is 22.8 Å². The number of benzene rings is 2. The molecule has 5 heteroatoms. The highest BCUT2D eigenvalue weighted by Gasteiger charge is 2.18. The van der Waals surface area contributed by atoms with Gasteiger partial charge in [-0.25, -0.2) is 4.39 Å². The number of hydrogen-bond acceptors (Lipinski definition) is 3. The van der Waals surface area contributed by atoms with Crippen molar-refractivity contribution in [3.8, 4) is 11.5 Å². The van der Waals surface area contributed by atoms with Gasteiger partial charge in [0.05, 0.1) is 19.2 Å². The predicted octanol–water partition coefficient (Wildman–Crippen LogP) is 3.89. The lowest BCUT2D eigenvalue weighted by molar-refractivity contribution is 0.218. The van der Waals surface area contributed by atoms with E-state index in [1.165, 1.54) is 25.3 Å². The number of aryl methyl sites for hydroxylation is 1. The Bertz CT molecular complexity index is 658. The highest BCUT2D eigenvalue weighted by Crippen LogP contribution is 2.35. The van der Waals surface area contributed by atoms with Gasteiger partial charge in [0.25, 0.3) is 0 Å². The molecular formula is C16H16ClFO3. The summed E-state index contributed by atoms with van der Waals surface area (Å²) in [5.74, 6) is 0.588. The average Bonchev–Trinajstić information content (AvgIpc) is 2.49. The van der Waals surface area contributed by atoms with Crippen LogP contribution in [0.3, 0.4) is 0 Å². The summed E-state index contributed by atoms with van der Waals surface area (Å²) in [7, 11) is 3.07. The first-order valence-corrected chi connectivity index (χ1v) is 6.71. The Morgan fingerprint density at radius 1 is 1.10 bits per heavy atom. The van der Waals surface area contributed by atoms with Crippen molar-refractivity contribution in [2.75, 3.05) is 14.2 Å². The largest absolute Gasteiger partial charge is 0.493 e. The Morgan fingerprint density at radius 2 is 1.71 bits per heavy atom. The summed E-state index contributed by atoms with van der Waals surface area (Å²) in [6.07, 6.45) is -0.928. The number of ether oxygens (including phenoxy) is 2. The number of halogens is 2. The van der Waals surface area contributed by atoms with Crippen LogP contribution in [0.5, 0.6) is 11.5 Å².